The average Bonchev–Trinajstić information content (AvgIpc) is 3.19. The van der Waals surface area contributed by atoms with Crippen LogP contribution < -0.4 is 10.6 Å². The molecule has 2 heterocycles. The summed E-state index contributed by atoms with van der Waals surface area (Å²) in [5.41, 5.74) is -0.0396. The number of morpholine rings is 1. The van der Waals surface area contributed by atoms with Gasteiger partial charge in [0.05, 0.1) is 19.8 Å². The van der Waals surface area contributed by atoms with Crippen molar-refractivity contribution in [2.24, 2.45) is 10.9 Å². The lowest BCUT2D eigenvalue weighted by Crippen LogP contribution is -2.51. The minimum atomic E-state index is -0.954. The Balaban J connectivity index is 1.97. The molecule has 1 fully saturated rings. The van der Waals surface area contributed by atoms with Crippen LogP contribution in [0.4, 0.5) is 0 Å². The molecule has 2 rings (SSSR count). The van der Waals surface area contributed by atoms with Crippen LogP contribution >= 0.6 is 11.3 Å². The second kappa shape index (κ2) is 11.0. The molecule has 2 atom stereocenters. The van der Waals surface area contributed by atoms with Gasteiger partial charge in [0, 0.05) is 32.2 Å². The maximum Gasteiger partial charge on any atom is 0.191 e. The first-order valence-electron chi connectivity index (χ1n) is 10.0. The number of aliphatic hydroxyl groups is 1. The highest BCUT2D eigenvalue weighted by Crippen LogP contribution is 2.23. The van der Waals surface area contributed by atoms with E-state index in [0.717, 1.165) is 57.3 Å². The first-order valence-corrected chi connectivity index (χ1v) is 11.0. The number of hydrogen-bond acceptors (Lipinski definition) is 5. The van der Waals surface area contributed by atoms with Gasteiger partial charge in [0.1, 0.15) is 5.60 Å². The summed E-state index contributed by atoms with van der Waals surface area (Å²) in [6, 6.07) is 2.41. The molecule has 0 spiro atoms. The SMILES string of the molecule is CCNC(=NCC(C)(O)c1ccsc1)NCC(CC(C)C)N1CCOCC1. The van der Waals surface area contributed by atoms with Gasteiger partial charge in [-0.3, -0.25) is 4.90 Å². The molecule has 1 aromatic heterocycles. The molecule has 3 N–H and O–H groups in total. The molecule has 0 saturated carbocycles. The monoisotopic (exact) mass is 396 g/mol. The predicted molar refractivity (Wildman–Crippen MR) is 114 cm³/mol. The number of nitrogens with zero attached hydrogens (tertiary/aromatic N) is 2. The van der Waals surface area contributed by atoms with Gasteiger partial charge in [-0.1, -0.05) is 13.8 Å². The van der Waals surface area contributed by atoms with E-state index in [4.69, 9.17) is 4.74 Å². The number of nitrogens with one attached hydrogen (secondary N) is 2. The van der Waals surface area contributed by atoms with Gasteiger partial charge in [0.2, 0.25) is 0 Å². The van der Waals surface area contributed by atoms with Crippen LogP contribution in [0.3, 0.4) is 0 Å². The third-order valence-electron chi connectivity index (χ3n) is 4.84. The number of rotatable bonds is 9. The van der Waals surface area contributed by atoms with Crippen LogP contribution in [0.15, 0.2) is 21.8 Å². The molecule has 1 aliphatic heterocycles. The third kappa shape index (κ3) is 7.41. The lowest BCUT2D eigenvalue weighted by molar-refractivity contribution is 0.0132. The van der Waals surface area contributed by atoms with Crippen molar-refractivity contribution in [2.45, 2.75) is 45.8 Å². The Hall–Kier alpha value is -1.15. The molecule has 2 unspecified atom stereocenters. The van der Waals surface area contributed by atoms with E-state index in [1.807, 2.05) is 23.8 Å². The number of ether oxygens (including phenoxy) is 1. The van der Waals surface area contributed by atoms with Crippen LogP contribution in [-0.4, -0.2) is 67.9 Å². The molecule has 27 heavy (non-hydrogen) atoms. The highest BCUT2D eigenvalue weighted by Gasteiger charge is 2.24. The van der Waals surface area contributed by atoms with Crippen LogP contribution in [0.2, 0.25) is 0 Å². The lowest BCUT2D eigenvalue weighted by atomic mass is 10.00. The average molecular weight is 397 g/mol. The summed E-state index contributed by atoms with van der Waals surface area (Å²) in [6.07, 6.45) is 1.14. The van der Waals surface area contributed by atoms with Crippen molar-refractivity contribution in [1.29, 1.82) is 0 Å². The summed E-state index contributed by atoms with van der Waals surface area (Å²) >= 11 is 1.59. The van der Waals surface area contributed by atoms with Crippen LogP contribution in [0.25, 0.3) is 0 Å². The second-order valence-electron chi connectivity index (χ2n) is 7.79. The first kappa shape index (κ1) is 22.1. The maximum atomic E-state index is 10.7. The summed E-state index contributed by atoms with van der Waals surface area (Å²) in [7, 11) is 0. The summed E-state index contributed by atoms with van der Waals surface area (Å²) in [6.45, 7) is 14.0. The second-order valence-corrected chi connectivity index (χ2v) is 8.57. The Morgan fingerprint density at radius 1 is 1.37 bits per heavy atom. The number of aliphatic imine (C=N–C) groups is 1. The van der Waals surface area contributed by atoms with Gasteiger partial charge < -0.3 is 20.5 Å². The van der Waals surface area contributed by atoms with Gasteiger partial charge in [-0.15, -0.1) is 0 Å². The normalized spacial score (nSPS) is 19.7. The highest BCUT2D eigenvalue weighted by molar-refractivity contribution is 7.08. The minimum Gasteiger partial charge on any atom is -0.383 e. The number of guanidine groups is 1. The molecule has 0 radical (unpaired) electrons. The van der Waals surface area contributed by atoms with E-state index < -0.39 is 5.60 Å². The molecule has 154 valence electrons. The van der Waals surface area contributed by atoms with Crippen molar-refractivity contribution in [3.05, 3.63) is 22.4 Å². The fourth-order valence-corrected chi connectivity index (χ4v) is 4.08. The Labute approximate surface area is 168 Å². The van der Waals surface area contributed by atoms with Gasteiger partial charge in [0.15, 0.2) is 5.96 Å². The Morgan fingerprint density at radius 3 is 2.70 bits per heavy atom. The largest absolute Gasteiger partial charge is 0.383 e. The molecule has 0 aliphatic carbocycles. The third-order valence-corrected chi connectivity index (χ3v) is 5.53. The quantitative estimate of drug-likeness (QED) is 0.441. The fraction of sp³-hybridized carbons (Fsp3) is 0.750. The van der Waals surface area contributed by atoms with E-state index in [2.05, 4.69) is 41.3 Å². The summed E-state index contributed by atoms with van der Waals surface area (Å²) in [4.78, 5) is 7.16. The van der Waals surface area contributed by atoms with E-state index in [1.54, 1.807) is 11.3 Å². The molecule has 1 aliphatic rings. The molecule has 0 amide bonds. The first-order chi connectivity index (χ1) is 12.9. The van der Waals surface area contributed by atoms with Crippen LogP contribution in [0.5, 0.6) is 0 Å². The van der Waals surface area contributed by atoms with Crippen molar-refractivity contribution in [1.82, 2.24) is 15.5 Å². The Kier molecular flexibility index (Phi) is 9.02. The van der Waals surface area contributed by atoms with E-state index >= 15 is 0 Å². The zero-order valence-electron chi connectivity index (χ0n) is 17.2. The topological polar surface area (TPSA) is 69.1 Å². The van der Waals surface area contributed by atoms with Crippen molar-refractivity contribution < 1.29 is 9.84 Å². The molecule has 1 aromatic rings. The van der Waals surface area contributed by atoms with E-state index in [-0.39, 0.29) is 0 Å². The van der Waals surface area contributed by atoms with Crippen molar-refractivity contribution in [3.8, 4) is 0 Å². The Bertz CT molecular complexity index is 554. The van der Waals surface area contributed by atoms with Crippen LogP contribution in [0, 0.1) is 5.92 Å². The summed E-state index contributed by atoms with van der Waals surface area (Å²) in [5, 5.41) is 21.5. The molecule has 0 aromatic carbocycles. The standard InChI is InChI=1S/C20H36N4O2S/c1-5-21-19(23-15-20(4,25)17-6-11-27-14-17)22-13-18(12-16(2)3)24-7-9-26-10-8-24/h6,11,14,16,18,25H,5,7-10,12-13,15H2,1-4H3,(H2,21,22,23). The van der Waals surface area contributed by atoms with Crippen LogP contribution in [0.1, 0.15) is 39.7 Å². The maximum absolute atomic E-state index is 10.7. The van der Waals surface area contributed by atoms with Crippen LogP contribution in [-0.2, 0) is 10.3 Å². The zero-order chi connectivity index (χ0) is 19.7. The van der Waals surface area contributed by atoms with Gasteiger partial charge in [-0.25, -0.2) is 4.99 Å². The van der Waals surface area contributed by atoms with E-state index in [1.165, 1.54) is 0 Å². The molecule has 6 nitrogen and oxygen atoms in total. The number of hydrogen-bond donors (Lipinski definition) is 3. The minimum absolute atomic E-state index is 0.325. The smallest absolute Gasteiger partial charge is 0.191 e. The highest BCUT2D eigenvalue weighted by atomic mass is 32.1. The van der Waals surface area contributed by atoms with Gasteiger partial charge in [0.25, 0.3) is 0 Å². The van der Waals surface area contributed by atoms with Gasteiger partial charge >= 0.3 is 0 Å². The lowest BCUT2D eigenvalue weighted by Gasteiger charge is -2.35. The molecule has 7 heteroatoms. The summed E-state index contributed by atoms with van der Waals surface area (Å²) in [5.74, 6) is 1.40. The molecule has 1 saturated heterocycles. The molecule has 0 bridgehead atoms. The van der Waals surface area contributed by atoms with Crippen molar-refractivity contribution in [2.75, 3.05) is 45.9 Å². The van der Waals surface area contributed by atoms with Crippen molar-refractivity contribution in [3.63, 3.8) is 0 Å². The van der Waals surface area contributed by atoms with Crippen molar-refractivity contribution >= 4 is 17.3 Å². The molecular weight excluding hydrogens is 360 g/mol. The zero-order valence-corrected chi connectivity index (χ0v) is 18.0. The predicted octanol–water partition coefficient (Wildman–Crippen LogP) is 2.26. The summed E-state index contributed by atoms with van der Waals surface area (Å²) < 4.78 is 5.51. The Morgan fingerprint density at radius 2 is 2.11 bits per heavy atom. The van der Waals surface area contributed by atoms with E-state index in [0.29, 0.717) is 18.5 Å². The number of thiophene rings is 1. The van der Waals surface area contributed by atoms with E-state index in [9.17, 15) is 5.11 Å². The molecular formula is C20H36N4O2S. The van der Waals surface area contributed by atoms with Gasteiger partial charge in [-0.05, 0) is 48.6 Å². The van der Waals surface area contributed by atoms with Gasteiger partial charge in [-0.2, -0.15) is 11.3 Å². The fourth-order valence-electron chi connectivity index (χ4n) is 3.30.